The van der Waals surface area contributed by atoms with Gasteiger partial charge >= 0.3 is 0 Å². The Hall–Kier alpha value is -3.71. The summed E-state index contributed by atoms with van der Waals surface area (Å²) in [5, 5.41) is 6.13. The number of benzene rings is 2. The SMILES string of the molecule is [C-]#[N+]C(C)(C)c1cc2cc[n+](C)c3c4c(C)ccc5c6ccncc6n(c(c1)c23)c54. The molecule has 0 aliphatic heterocycles. The quantitative estimate of drug-likeness (QED) is 0.154. The van der Waals surface area contributed by atoms with Crippen LogP contribution in [0.2, 0.25) is 0 Å². The molecule has 0 N–H and O–H groups in total. The molecular formula is C26H21N4+. The first kappa shape index (κ1) is 17.2. The van der Waals surface area contributed by atoms with E-state index in [9.17, 15) is 0 Å². The maximum absolute atomic E-state index is 7.73. The first-order chi connectivity index (χ1) is 14.4. The average molecular weight is 389 g/mol. The number of hydrogen-bond donors (Lipinski definition) is 0. The summed E-state index contributed by atoms with van der Waals surface area (Å²) in [6.45, 7) is 13.9. The largest absolute Gasteiger partial charge is 0.306 e. The first-order valence-electron chi connectivity index (χ1n) is 10.2. The van der Waals surface area contributed by atoms with Gasteiger partial charge in [-0.05, 0) is 36.1 Å². The highest BCUT2D eigenvalue weighted by Gasteiger charge is 2.30. The van der Waals surface area contributed by atoms with E-state index in [0.717, 1.165) is 16.6 Å². The molecule has 30 heavy (non-hydrogen) atoms. The van der Waals surface area contributed by atoms with E-state index in [-0.39, 0.29) is 0 Å². The number of pyridine rings is 3. The van der Waals surface area contributed by atoms with Gasteiger partial charge in [-0.3, -0.25) is 4.98 Å². The van der Waals surface area contributed by atoms with Crippen molar-refractivity contribution in [3.05, 3.63) is 77.5 Å². The van der Waals surface area contributed by atoms with Crippen molar-refractivity contribution in [3.8, 4) is 0 Å². The van der Waals surface area contributed by atoms with Gasteiger partial charge in [0.2, 0.25) is 5.52 Å². The summed E-state index contributed by atoms with van der Waals surface area (Å²) in [5.41, 5.74) is 6.42. The lowest BCUT2D eigenvalue weighted by Crippen LogP contribution is -2.29. The minimum absolute atomic E-state index is 0.587. The molecule has 0 atom stereocenters. The maximum atomic E-state index is 7.73. The van der Waals surface area contributed by atoms with Crippen LogP contribution in [0.1, 0.15) is 25.0 Å². The maximum Gasteiger partial charge on any atom is 0.252 e. The Balaban J connectivity index is 2.05. The molecule has 4 heteroatoms. The fraction of sp³-hybridized carbons (Fsp3) is 0.192. The summed E-state index contributed by atoms with van der Waals surface area (Å²) in [4.78, 5) is 8.35. The van der Waals surface area contributed by atoms with Crippen molar-refractivity contribution in [2.45, 2.75) is 26.3 Å². The Morgan fingerprint density at radius 1 is 1.03 bits per heavy atom. The van der Waals surface area contributed by atoms with E-state index < -0.39 is 5.54 Å². The van der Waals surface area contributed by atoms with Gasteiger partial charge in [-0.2, -0.15) is 0 Å². The van der Waals surface area contributed by atoms with Crippen molar-refractivity contribution in [2.75, 3.05) is 0 Å². The van der Waals surface area contributed by atoms with Gasteiger partial charge in [-0.15, -0.1) is 0 Å². The highest BCUT2D eigenvalue weighted by molar-refractivity contribution is 6.25. The number of nitrogens with zero attached hydrogens (tertiary/aromatic N) is 4. The van der Waals surface area contributed by atoms with Gasteiger partial charge in [0.05, 0.1) is 33.5 Å². The summed E-state index contributed by atoms with van der Waals surface area (Å²) < 4.78 is 4.59. The van der Waals surface area contributed by atoms with Crippen LogP contribution in [0.15, 0.2) is 55.0 Å². The fourth-order valence-electron chi connectivity index (χ4n) is 4.98. The zero-order valence-corrected chi connectivity index (χ0v) is 17.5. The monoisotopic (exact) mass is 389 g/mol. The lowest BCUT2D eigenvalue weighted by Gasteiger charge is -2.17. The molecule has 144 valence electrons. The molecule has 0 radical (unpaired) electrons. The molecule has 0 saturated carbocycles. The molecule has 0 unspecified atom stereocenters. The molecule has 0 aliphatic rings. The summed E-state index contributed by atoms with van der Waals surface area (Å²) in [6, 6.07) is 13.1. The summed E-state index contributed by atoms with van der Waals surface area (Å²) in [5.74, 6) is 0. The van der Waals surface area contributed by atoms with Crippen LogP contribution < -0.4 is 4.57 Å². The lowest BCUT2D eigenvalue weighted by atomic mass is 9.91. The number of hydrogen-bond acceptors (Lipinski definition) is 1. The molecule has 0 amide bonds. The number of aromatic nitrogens is 3. The third kappa shape index (κ3) is 1.95. The van der Waals surface area contributed by atoms with Gasteiger partial charge < -0.3 is 9.25 Å². The molecule has 6 rings (SSSR count). The van der Waals surface area contributed by atoms with Crippen LogP contribution >= 0.6 is 0 Å². The van der Waals surface area contributed by atoms with E-state index in [4.69, 9.17) is 6.57 Å². The van der Waals surface area contributed by atoms with E-state index in [2.05, 4.69) is 75.4 Å². The minimum atomic E-state index is -0.587. The van der Waals surface area contributed by atoms with Crippen LogP contribution in [0.3, 0.4) is 0 Å². The molecule has 0 spiro atoms. The molecule has 2 aromatic carbocycles. The zero-order valence-electron chi connectivity index (χ0n) is 17.5. The third-order valence-corrected chi connectivity index (χ3v) is 6.62. The third-order valence-electron chi connectivity index (χ3n) is 6.62. The van der Waals surface area contributed by atoms with Crippen LogP contribution in [0.25, 0.3) is 53.8 Å². The van der Waals surface area contributed by atoms with Gasteiger partial charge in [0.25, 0.3) is 5.54 Å². The molecular weight excluding hydrogens is 368 g/mol. The fourth-order valence-corrected chi connectivity index (χ4v) is 4.98. The van der Waals surface area contributed by atoms with Gasteiger partial charge in [-0.1, -0.05) is 12.1 Å². The van der Waals surface area contributed by atoms with Crippen LogP contribution in [0, 0.1) is 13.5 Å². The molecule has 0 bridgehead atoms. The van der Waals surface area contributed by atoms with E-state index in [1.807, 2.05) is 26.2 Å². The predicted molar refractivity (Wildman–Crippen MR) is 122 cm³/mol. The zero-order chi connectivity index (χ0) is 20.8. The summed E-state index contributed by atoms with van der Waals surface area (Å²) >= 11 is 0. The highest BCUT2D eigenvalue weighted by atomic mass is 15.0. The van der Waals surface area contributed by atoms with E-state index in [1.165, 1.54) is 43.5 Å². The van der Waals surface area contributed by atoms with Crippen molar-refractivity contribution >= 4 is 49.0 Å². The molecule has 4 heterocycles. The Bertz CT molecular complexity index is 1700. The van der Waals surface area contributed by atoms with Crippen LogP contribution in [-0.4, -0.2) is 9.38 Å². The Kier molecular flexibility index (Phi) is 3.12. The topological polar surface area (TPSA) is 25.5 Å². The van der Waals surface area contributed by atoms with Crippen molar-refractivity contribution < 1.29 is 4.57 Å². The number of rotatable bonds is 1. The Morgan fingerprint density at radius 2 is 1.87 bits per heavy atom. The van der Waals surface area contributed by atoms with E-state index >= 15 is 0 Å². The van der Waals surface area contributed by atoms with Crippen molar-refractivity contribution in [1.29, 1.82) is 0 Å². The van der Waals surface area contributed by atoms with Gasteiger partial charge in [0.1, 0.15) is 7.05 Å². The van der Waals surface area contributed by atoms with Gasteiger partial charge in [0, 0.05) is 42.4 Å². The minimum Gasteiger partial charge on any atom is -0.306 e. The smallest absolute Gasteiger partial charge is 0.252 e. The normalized spacial score (nSPS) is 12.6. The molecule has 4 nitrogen and oxygen atoms in total. The van der Waals surface area contributed by atoms with Crippen LogP contribution in [0.4, 0.5) is 0 Å². The lowest BCUT2D eigenvalue weighted by molar-refractivity contribution is -0.643. The van der Waals surface area contributed by atoms with Crippen LogP contribution in [0.5, 0.6) is 0 Å². The molecule has 0 saturated heterocycles. The summed E-state index contributed by atoms with van der Waals surface area (Å²) in [6.07, 6.45) is 5.96. The second-order valence-corrected chi connectivity index (χ2v) is 8.79. The Morgan fingerprint density at radius 3 is 2.67 bits per heavy atom. The predicted octanol–water partition coefficient (Wildman–Crippen LogP) is 5.67. The molecule has 0 fully saturated rings. The molecule has 4 aromatic heterocycles. The second-order valence-electron chi connectivity index (χ2n) is 8.79. The molecule has 0 aliphatic carbocycles. The number of fused-ring (bicyclic) bond motifs is 5. The van der Waals surface area contributed by atoms with E-state index in [1.54, 1.807) is 0 Å². The van der Waals surface area contributed by atoms with E-state index in [0.29, 0.717) is 0 Å². The summed E-state index contributed by atoms with van der Waals surface area (Å²) in [7, 11) is 2.12. The number of aryl methyl sites for hydroxylation is 2. The first-order valence-corrected chi connectivity index (χ1v) is 10.2. The van der Waals surface area contributed by atoms with Crippen molar-refractivity contribution in [1.82, 2.24) is 9.38 Å². The highest BCUT2D eigenvalue weighted by Crippen LogP contribution is 2.41. The van der Waals surface area contributed by atoms with Crippen molar-refractivity contribution in [2.24, 2.45) is 7.05 Å². The van der Waals surface area contributed by atoms with Crippen LogP contribution in [-0.2, 0) is 12.6 Å². The van der Waals surface area contributed by atoms with Gasteiger partial charge in [-0.25, -0.2) is 11.1 Å². The molecule has 6 aromatic rings. The Labute approximate surface area is 174 Å². The second kappa shape index (κ2) is 5.46. The average Bonchev–Trinajstić information content (AvgIpc) is 3.09. The van der Waals surface area contributed by atoms with Crippen molar-refractivity contribution in [3.63, 3.8) is 0 Å². The standard InChI is InChI=1S/C26H21N4/c1-15-6-7-19-18-8-10-28-14-21(18)30-20-13-17(26(2,3)27-4)12-16-9-11-29(5)25(23(16)20)22(15)24(19)30/h6-14H,1-3,5H3/q+1. The van der Waals surface area contributed by atoms with Gasteiger partial charge in [0.15, 0.2) is 6.20 Å².